The summed E-state index contributed by atoms with van der Waals surface area (Å²) in [7, 11) is 0. The Hall–Kier alpha value is -1.56. The Morgan fingerprint density at radius 1 is 1.38 bits per heavy atom. The van der Waals surface area contributed by atoms with Gasteiger partial charge in [0.25, 0.3) is 5.91 Å². The van der Waals surface area contributed by atoms with E-state index in [1.165, 1.54) is 4.90 Å². The van der Waals surface area contributed by atoms with Crippen LogP contribution in [0.15, 0.2) is 28.7 Å². The lowest BCUT2D eigenvalue weighted by atomic mass is 10.1. The summed E-state index contributed by atoms with van der Waals surface area (Å²) < 4.78 is 0.940. The lowest BCUT2D eigenvalue weighted by Crippen LogP contribution is -2.36. The standard InChI is InChI=1S/C15H19BrN2O3/c1-2-17(9-11-7-8-18(10-11)15(20)21)14(19)12-3-5-13(16)6-4-12/h3-6,11H,2,7-10H2,1H3,(H,20,21)/t11-/m0/s1. The molecule has 1 atom stereocenters. The summed E-state index contributed by atoms with van der Waals surface area (Å²) in [6.45, 7) is 4.25. The topological polar surface area (TPSA) is 60.9 Å². The molecule has 0 bridgehead atoms. The maximum absolute atomic E-state index is 12.5. The van der Waals surface area contributed by atoms with Crippen molar-refractivity contribution in [3.63, 3.8) is 0 Å². The second-order valence-corrected chi connectivity index (χ2v) is 6.15. The quantitative estimate of drug-likeness (QED) is 0.904. The molecule has 5 nitrogen and oxygen atoms in total. The maximum Gasteiger partial charge on any atom is 0.407 e. The van der Waals surface area contributed by atoms with E-state index in [-0.39, 0.29) is 11.8 Å². The van der Waals surface area contributed by atoms with Gasteiger partial charge in [-0.05, 0) is 43.5 Å². The van der Waals surface area contributed by atoms with Gasteiger partial charge in [0.15, 0.2) is 0 Å². The highest BCUT2D eigenvalue weighted by molar-refractivity contribution is 9.10. The van der Waals surface area contributed by atoms with E-state index >= 15 is 0 Å². The summed E-state index contributed by atoms with van der Waals surface area (Å²) in [4.78, 5) is 26.6. The van der Waals surface area contributed by atoms with E-state index in [4.69, 9.17) is 5.11 Å². The van der Waals surface area contributed by atoms with Gasteiger partial charge in [0.1, 0.15) is 0 Å². The first-order valence-electron chi connectivity index (χ1n) is 7.04. The SMILES string of the molecule is CCN(C[C@@H]1CCN(C(=O)O)C1)C(=O)c1ccc(Br)cc1. The first-order valence-corrected chi connectivity index (χ1v) is 7.83. The Balaban J connectivity index is 1.98. The smallest absolute Gasteiger partial charge is 0.407 e. The van der Waals surface area contributed by atoms with Crippen LogP contribution in [-0.4, -0.2) is 53.1 Å². The largest absolute Gasteiger partial charge is 0.465 e. The molecule has 0 spiro atoms. The molecule has 1 heterocycles. The monoisotopic (exact) mass is 354 g/mol. The van der Waals surface area contributed by atoms with Crippen molar-refractivity contribution < 1.29 is 14.7 Å². The number of hydrogen-bond acceptors (Lipinski definition) is 2. The molecule has 21 heavy (non-hydrogen) atoms. The molecule has 1 aromatic carbocycles. The second-order valence-electron chi connectivity index (χ2n) is 5.23. The molecule has 0 unspecified atom stereocenters. The molecule has 1 aromatic rings. The van der Waals surface area contributed by atoms with Crippen LogP contribution in [0.5, 0.6) is 0 Å². The van der Waals surface area contributed by atoms with Crippen molar-refractivity contribution in [1.82, 2.24) is 9.80 Å². The van der Waals surface area contributed by atoms with Crippen LogP contribution in [0.25, 0.3) is 0 Å². The van der Waals surface area contributed by atoms with Crippen LogP contribution < -0.4 is 0 Å². The molecule has 1 N–H and O–H groups in total. The summed E-state index contributed by atoms with van der Waals surface area (Å²) in [6, 6.07) is 7.30. The third-order valence-electron chi connectivity index (χ3n) is 3.80. The number of halogens is 1. The molecule has 0 saturated carbocycles. The number of likely N-dealkylation sites (tertiary alicyclic amines) is 1. The van der Waals surface area contributed by atoms with Crippen LogP contribution in [0.4, 0.5) is 4.79 Å². The lowest BCUT2D eigenvalue weighted by Gasteiger charge is -2.24. The van der Waals surface area contributed by atoms with Crippen molar-refractivity contribution in [2.24, 2.45) is 5.92 Å². The van der Waals surface area contributed by atoms with Gasteiger partial charge in [0, 0.05) is 36.2 Å². The highest BCUT2D eigenvalue weighted by Crippen LogP contribution is 2.19. The van der Waals surface area contributed by atoms with Crippen LogP contribution >= 0.6 is 15.9 Å². The first-order chi connectivity index (χ1) is 10.0. The molecule has 6 heteroatoms. The molecule has 0 radical (unpaired) electrons. The number of benzene rings is 1. The fourth-order valence-corrected chi connectivity index (χ4v) is 2.86. The molecule has 0 aromatic heterocycles. The molecule has 2 amide bonds. The van der Waals surface area contributed by atoms with Gasteiger partial charge in [0.05, 0.1) is 0 Å². The molecule has 114 valence electrons. The number of carboxylic acid groups (broad SMARTS) is 1. The number of carbonyl (C=O) groups is 2. The molecule has 1 saturated heterocycles. The van der Waals surface area contributed by atoms with Gasteiger partial charge in [-0.3, -0.25) is 4.79 Å². The van der Waals surface area contributed by atoms with E-state index in [0.29, 0.717) is 31.7 Å². The van der Waals surface area contributed by atoms with Crippen molar-refractivity contribution in [2.75, 3.05) is 26.2 Å². The highest BCUT2D eigenvalue weighted by atomic mass is 79.9. The van der Waals surface area contributed by atoms with E-state index < -0.39 is 6.09 Å². The van der Waals surface area contributed by atoms with E-state index in [9.17, 15) is 9.59 Å². The van der Waals surface area contributed by atoms with E-state index in [1.54, 1.807) is 17.0 Å². The number of carbonyl (C=O) groups excluding carboxylic acids is 1. The van der Waals surface area contributed by atoms with Crippen LogP contribution in [0, 0.1) is 5.92 Å². The molecule has 1 aliphatic heterocycles. The molecule has 2 rings (SSSR count). The third-order valence-corrected chi connectivity index (χ3v) is 4.32. The molecular weight excluding hydrogens is 336 g/mol. The first kappa shape index (κ1) is 15.8. The van der Waals surface area contributed by atoms with Crippen molar-refractivity contribution in [1.29, 1.82) is 0 Å². The normalized spacial score (nSPS) is 17.8. The fourth-order valence-electron chi connectivity index (χ4n) is 2.60. The number of rotatable bonds is 4. The summed E-state index contributed by atoms with van der Waals surface area (Å²) in [5.74, 6) is 0.222. The van der Waals surface area contributed by atoms with Gasteiger partial charge in [0.2, 0.25) is 0 Å². The average Bonchev–Trinajstić information content (AvgIpc) is 2.93. The van der Waals surface area contributed by atoms with Crippen LogP contribution in [0.3, 0.4) is 0 Å². The van der Waals surface area contributed by atoms with Crippen LogP contribution in [-0.2, 0) is 0 Å². The minimum atomic E-state index is -0.875. The average molecular weight is 355 g/mol. The Kier molecular flexibility index (Phi) is 5.22. The zero-order valence-corrected chi connectivity index (χ0v) is 13.5. The fraction of sp³-hybridized carbons (Fsp3) is 0.467. The van der Waals surface area contributed by atoms with Crippen molar-refractivity contribution in [3.8, 4) is 0 Å². The van der Waals surface area contributed by atoms with Crippen molar-refractivity contribution in [2.45, 2.75) is 13.3 Å². The molecule has 1 aliphatic rings. The maximum atomic E-state index is 12.5. The Morgan fingerprint density at radius 2 is 2.05 bits per heavy atom. The van der Waals surface area contributed by atoms with Crippen molar-refractivity contribution in [3.05, 3.63) is 34.3 Å². The summed E-state index contributed by atoms with van der Waals surface area (Å²) >= 11 is 3.35. The van der Waals surface area contributed by atoms with E-state index in [0.717, 1.165) is 10.9 Å². The third kappa shape index (κ3) is 3.97. The minimum absolute atomic E-state index is 0.00113. The zero-order valence-electron chi connectivity index (χ0n) is 12.0. The predicted octanol–water partition coefficient (Wildman–Crippen LogP) is 2.91. The minimum Gasteiger partial charge on any atom is -0.465 e. The van der Waals surface area contributed by atoms with Gasteiger partial charge >= 0.3 is 6.09 Å². The van der Waals surface area contributed by atoms with Crippen LogP contribution in [0.1, 0.15) is 23.7 Å². The lowest BCUT2D eigenvalue weighted by molar-refractivity contribution is 0.0739. The van der Waals surface area contributed by atoms with Gasteiger partial charge in [-0.2, -0.15) is 0 Å². The predicted molar refractivity (Wildman–Crippen MR) is 83.4 cm³/mol. The zero-order chi connectivity index (χ0) is 15.4. The molecule has 1 fully saturated rings. The van der Waals surface area contributed by atoms with E-state index in [2.05, 4.69) is 15.9 Å². The molecule has 0 aliphatic carbocycles. The Labute approximate surface area is 132 Å². The molecular formula is C15H19BrN2O3. The highest BCUT2D eigenvalue weighted by Gasteiger charge is 2.28. The van der Waals surface area contributed by atoms with E-state index in [1.807, 2.05) is 19.1 Å². The van der Waals surface area contributed by atoms with Gasteiger partial charge in [-0.25, -0.2) is 4.79 Å². The number of nitrogens with zero attached hydrogens (tertiary/aromatic N) is 2. The second kappa shape index (κ2) is 6.93. The number of hydrogen-bond donors (Lipinski definition) is 1. The number of amides is 2. The van der Waals surface area contributed by atoms with Gasteiger partial charge < -0.3 is 14.9 Å². The van der Waals surface area contributed by atoms with Crippen LogP contribution in [0.2, 0.25) is 0 Å². The van der Waals surface area contributed by atoms with Gasteiger partial charge in [-0.1, -0.05) is 15.9 Å². The van der Waals surface area contributed by atoms with Gasteiger partial charge in [-0.15, -0.1) is 0 Å². The summed E-state index contributed by atoms with van der Waals surface area (Å²) in [5.41, 5.74) is 0.660. The Bertz CT molecular complexity index is 518. The summed E-state index contributed by atoms with van der Waals surface area (Å²) in [6.07, 6.45) is -0.0593. The Morgan fingerprint density at radius 3 is 2.57 bits per heavy atom. The van der Waals surface area contributed by atoms with Crippen molar-refractivity contribution >= 4 is 27.9 Å². The summed E-state index contributed by atoms with van der Waals surface area (Å²) in [5, 5.41) is 8.98.